The zero-order chi connectivity index (χ0) is 11.1. The van der Waals surface area contributed by atoms with Crippen molar-refractivity contribution in [3.05, 3.63) is 18.0 Å². The van der Waals surface area contributed by atoms with Crippen LogP contribution in [0.2, 0.25) is 0 Å². The molecule has 1 aliphatic rings. The molecule has 0 radical (unpaired) electrons. The van der Waals surface area contributed by atoms with Gasteiger partial charge in [0.05, 0.1) is 24.6 Å². The van der Waals surface area contributed by atoms with Crippen LogP contribution in [0.25, 0.3) is 11.2 Å². The topological polar surface area (TPSA) is 103 Å². The van der Waals surface area contributed by atoms with Crippen LogP contribution >= 0.6 is 0 Å². The molecule has 6 heteroatoms. The molecule has 5 N–H and O–H groups in total. The molecule has 2 aromatic rings. The number of aromatic nitrogens is 3. The number of nitrogens with zero attached hydrogens (tertiary/aromatic N) is 2. The Labute approximate surface area is 92.0 Å². The number of aromatic amines is 1. The summed E-state index contributed by atoms with van der Waals surface area (Å²) < 4.78 is 5.31. The standard InChI is InChI=1S/C10H13N5O/c11-6-4-16-3-5(6)9-13-7-1-2-8(12)14-10(7)15-9/h1-2,5-6H,3-4,11H2,(H3,12,13,14,15). The van der Waals surface area contributed by atoms with Crippen molar-refractivity contribution in [3.8, 4) is 0 Å². The van der Waals surface area contributed by atoms with Crippen molar-refractivity contribution in [2.45, 2.75) is 12.0 Å². The monoisotopic (exact) mass is 219 g/mol. The highest BCUT2D eigenvalue weighted by molar-refractivity contribution is 5.72. The van der Waals surface area contributed by atoms with E-state index in [0.29, 0.717) is 24.7 Å². The molecule has 2 atom stereocenters. The third-order valence-electron chi connectivity index (χ3n) is 2.86. The normalized spacial score (nSPS) is 25.3. The van der Waals surface area contributed by atoms with Gasteiger partial charge in [-0.15, -0.1) is 0 Å². The highest BCUT2D eigenvalue weighted by atomic mass is 16.5. The molecule has 0 amide bonds. The number of pyridine rings is 1. The smallest absolute Gasteiger partial charge is 0.179 e. The molecule has 6 nitrogen and oxygen atoms in total. The molecular formula is C10H13N5O. The van der Waals surface area contributed by atoms with Gasteiger partial charge in [-0.2, -0.15) is 0 Å². The number of rotatable bonds is 1. The number of anilines is 1. The van der Waals surface area contributed by atoms with Crippen LogP contribution in [0, 0.1) is 0 Å². The lowest BCUT2D eigenvalue weighted by Gasteiger charge is -2.08. The highest BCUT2D eigenvalue weighted by Gasteiger charge is 2.29. The van der Waals surface area contributed by atoms with Gasteiger partial charge in [0.25, 0.3) is 0 Å². The van der Waals surface area contributed by atoms with Gasteiger partial charge < -0.3 is 21.2 Å². The first-order valence-electron chi connectivity index (χ1n) is 5.19. The van der Waals surface area contributed by atoms with E-state index in [-0.39, 0.29) is 12.0 Å². The molecule has 2 unspecified atom stereocenters. The molecule has 0 aliphatic carbocycles. The van der Waals surface area contributed by atoms with E-state index in [0.717, 1.165) is 11.3 Å². The number of H-pyrrole nitrogens is 1. The lowest BCUT2D eigenvalue weighted by Crippen LogP contribution is -2.27. The van der Waals surface area contributed by atoms with Gasteiger partial charge in [0.1, 0.15) is 11.6 Å². The van der Waals surface area contributed by atoms with Crippen LogP contribution in [0.15, 0.2) is 12.1 Å². The molecular weight excluding hydrogens is 206 g/mol. The number of nitrogen functional groups attached to an aromatic ring is 1. The van der Waals surface area contributed by atoms with Crippen LogP contribution in [0.3, 0.4) is 0 Å². The maximum absolute atomic E-state index is 5.93. The number of imidazole rings is 1. The average Bonchev–Trinajstić information content (AvgIpc) is 2.82. The van der Waals surface area contributed by atoms with Gasteiger partial charge in [-0.25, -0.2) is 9.97 Å². The fourth-order valence-corrected chi connectivity index (χ4v) is 1.95. The molecule has 0 aromatic carbocycles. The second-order valence-electron chi connectivity index (χ2n) is 4.04. The largest absolute Gasteiger partial charge is 0.384 e. The Balaban J connectivity index is 2.04. The van der Waals surface area contributed by atoms with E-state index in [9.17, 15) is 0 Å². The first-order valence-corrected chi connectivity index (χ1v) is 5.19. The lowest BCUT2D eigenvalue weighted by molar-refractivity contribution is 0.190. The van der Waals surface area contributed by atoms with E-state index >= 15 is 0 Å². The maximum atomic E-state index is 5.93. The summed E-state index contributed by atoms with van der Waals surface area (Å²) >= 11 is 0. The van der Waals surface area contributed by atoms with Crippen molar-refractivity contribution in [2.24, 2.45) is 5.73 Å². The van der Waals surface area contributed by atoms with E-state index in [1.165, 1.54) is 0 Å². The molecule has 1 saturated heterocycles. The van der Waals surface area contributed by atoms with Crippen LogP contribution in [0.4, 0.5) is 5.82 Å². The van der Waals surface area contributed by atoms with Gasteiger partial charge in [-0.3, -0.25) is 0 Å². The van der Waals surface area contributed by atoms with E-state index in [1.54, 1.807) is 6.07 Å². The summed E-state index contributed by atoms with van der Waals surface area (Å²) in [6.45, 7) is 1.19. The van der Waals surface area contributed by atoms with E-state index in [1.807, 2.05) is 6.07 Å². The molecule has 0 bridgehead atoms. The number of fused-ring (bicyclic) bond motifs is 1. The second-order valence-corrected chi connectivity index (χ2v) is 4.04. The number of hydrogen-bond acceptors (Lipinski definition) is 5. The van der Waals surface area contributed by atoms with E-state index < -0.39 is 0 Å². The van der Waals surface area contributed by atoms with Gasteiger partial charge in [0.15, 0.2) is 5.65 Å². The number of nitrogens with one attached hydrogen (secondary N) is 1. The van der Waals surface area contributed by atoms with E-state index in [4.69, 9.17) is 16.2 Å². The molecule has 1 fully saturated rings. The van der Waals surface area contributed by atoms with E-state index in [2.05, 4.69) is 15.0 Å². The third kappa shape index (κ3) is 1.43. The van der Waals surface area contributed by atoms with Crippen molar-refractivity contribution in [3.63, 3.8) is 0 Å². The number of ether oxygens (including phenoxy) is 1. The van der Waals surface area contributed by atoms with Crippen LogP contribution in [-0.4, -0.2) is 34.2 Å². The first kappa shape index (κ1) is 9.56. The highest BCUT2D eigenvalue weighted by Crippen LogP contribution is 2.24. The Morgan fingerprint density at radius 2 is 2.19 bits per heavy atom. The summed E-state index contributed by atoms with van der Waals surface area (Å²) in [6.07, 6.45) is 0. The molecule has 0 spiro atoms. The minimum Gasteiger partial charge on any atom is -0.384 e. The zero-order valence-electron chi connectivity index (χ0n) is 8.68. The molecule has 2 aromatic heterocycles. The number of hydrogen-bond donors (Lipinski definition) is 3. The molecule has 84 valence electrons. The summed E-state index contributed by atoms with van der Waals surface area (Å²) in [5.74, 6) is 1.42. The molecule has 1 aliphatic heterocycles. The Hall–Kier alpha value is -1.66. The van der Waals surface area contributed by atoms with Gasteiger partial charge in [-0.1, -0.05) is 0 Å². The van der Waals surface area contributed by atoms with Gasteiger partial charge >= 0.3 is 0 Å². The second kappa shape index (κ2) is 3.43. The minimum atomic E-state index is -0.00194. The quantitative estimate of drug-likeness (QED) is 0.625. The summed E-state index contributed by atoms with van der Waals surface area (Å²) in [6, 6.07) is 3.61. The first-order chi connectivity index (χ1) is 7.74. The van der Waals surface area contributed by atoms with Gasteiger partial charge in [0.2, 0.25) is 0 Å². The Morgan fingerprint density at radius 3 is 2.94 bits per heavy atom. The van der Waals surface area contributed by atoms with Crippen molar-refractivity contribution in [1.29, 1.82) is 0 Å². The minimum absolute atomic E-state index is 0.00194. The maximum Gasteiger partial charge on any atom is 0.179 e. The Bertz CT molecular complexity index is 523. The SMILES string of the molecule is Nc1ccc2[nH]c(C3COCC3N)nc2n1. The van der Waals surface area contributed by atoms with Crippen LogP contribution in [0.1, 0.15) is 11.7 Å². The van der Waals surface area contributed by atoms with Crippen molar-refractivity contribution in [2.75, 3.05) is 18.9 Å². The molecule has 3 heterocycles. The van der Waals surface area contributed by atoms with Crippen LogP contribution < -0.4 is 11.5 Å². The molecule has 0 saturated carbocycles. The zero-order valence-corrected chi connectivity index (χ0v) is 8.68. The lowest BCUT2D eigenvalue weighted by atomic mass is 10.0. The van der Waals surface area contributed by atoms with Crippen molar-refractivity contribution >= 4 is 17.0 Å². The summed E-state index contributed by atoms with van der Waals surface area (Å²) in [7, 11) is 0. The van der Waals surface area contributed by atoms with Gasteiger partial charge in [0, 0.05) is 6.04 Å². The molecule has 3 rings (SSSR count). The number of nitrogens with two attached hydrogens (primary N) is 2. The van der Waals surface area contributed by atoms with Crippen LogP contribution in [-0.2, 0) is 4.74 Å². The predicted octanol–water partition coefficient (Wildman–Crippen LogP) is -0.0188. The Kier molecular flexibility index (Phi) is 2.05. The van der Waals surface area contributed by atoms with Gasteiger partial charge in [-0.05, 0) is 12.1 Å². The fraction of sp³-hybridized carbons (Fsp3) is 0.400. The fourth-order valence-electron chi connectivity index (χ4n) is 1.95. The van der Waals surface area contributed by atoms with Crippen molar-refractivity contribution in [1.82, 2.24) is 15.0 Å². The molecule has 16 heavy (non-hydrogen) atoms. The summed E-state index contributed by atoms with van der Waals surface area (Å²) in [4.78, 5) is 11.8. The predicted molar refractivity (Wildman–Crippen MR) is 59.8 cm³/mol. The van der Waals surface area contributed by atoms with Crippen molar-refractivity contribution < 1.29 is 4.74 Å². The summed E-state index contributed by atoms with van der Waals surface area (Å²) in [5.41, 5.74) is 13.0. The third-order valence-corrected chi connectivity index (χ3v) is 2.86. The van der Waals surface area contributed by atoms with Crippen LogP contribution in [0.5, 0.6) is 0 Å². The average molecular weight is 219 g/mol. The summed E-state index contributed by atoms with van der Waals surface area (Å²) in [5, 5.41) is 0. The Morgan fingerprint density at radius 1 is 1.31 bits per heavy atom.